The molecule has 1 saturated heterocycles. The lowest BCUT2D eigenvalue weighted by Crippen LogP contribution is -2.48. The minimum Gasteiger partial charge on any atom is -0.332 e. The molecule has 2 aromatic rings. The van der Waals surface area contributed by atoms with E-state index in [1.807, 2.05) is 23.1 Å². The predicted molar refractivity (Wildman–Crippen MR) is 101 cm³/mol. The Labute approximate surface area is 150 Å². The second kappa shape index (κ2) is 7.79. The molecule has 1 amide bonds. The topological polar surface area (TPSA) is 36.4 Å². The van der Waals surface area contributed by atoms with Crippen LogP contribution in [-0.4, -0.2) is 52.4 Å². The van der Waals surface area contributed by atoms with Crippen LogP contribution in [0.2, 0.25) is 0 Å². The monoisotopic (exact) mass is 337 g/mol. The van der Waals surface area contributed by atoms with E-state index in [0.717, 1.165) is 19.4 Å². The Hall–Kier alpha value is -2.20. The average molecular weight is 337 g/mol. The molecule has 1 aliphatic heterocycles. The molecule has 0 N–H and O–H groups in total. The van der Waals surface area contributed by atoms with Crippen molar-refractivity contribution in [3.63, 3.8) is 0 Å². The molecule has 1 fully saturated rings. The first kappa shape index (κ1) is 17.6. The van der Waals surface area contributed by atoms with Gasteiger partial charge < -0.3 is 4.90 Å². The van der Waals surface area contributed by atoms with Gasteiger partial charge in [-0.2, -0.15) is 0 Å². The summed E-state index contributed by atoms with van der Waals surface area (Å²) >= 11 is 0. The van der Waals surface area contributed by atoms with Crippen LogP contribution >= 0.6 is 0 Å². The molecule has 1 aromatic heterocycles. The number of aromatic nitrogens is 1. The Balaban J connectivity index is 1.87. The van der Waals surface area contributed by atoms with Crippen molar-refractivity contribution in [2.45, 2.75) is 44.8 Å². The fraction of sp³-hybridized carbons (Fsp3) is 0.429. The largest absolute Gasteiger partial charge is 0.332 e. The number of amides is 1. The van der Waals surface area contributed by atoms with Crippen molar-refractivity contribution < 1.29 is 4.79 Å². The molecular formula is C21H27N3O. The van der Waals surface area contributed by atoms with E-state index in [2.05, 4.69) is 55.0 Å². The summed E-state index contributed by atoms with van der Waals surface area (Å²) in [7, 11) is 2.17. The molecule has 0 radical (unpaired) electrons. The maximum absolute atomic E-state index is 13.0. The number of likely N-dealkylation sites (tertiary alicyclic amines) is 1. The number of rotatable bonds is 5. The van der Waals surface area contributed by atoms with Crippen LogP contribution < -0.4 is 0 Å². The highest BCUT2D eigenvalue weighted by molar-refractivity contribution is 5.92. The molecule has 132 valence electrons. The second-order valence-corrected chi connectivity index (χ2v) is 7.09. The van der Waals surface area contributed by atoms with Crippen LogP contribution in [0.4, 0.5) is 0 Å². The van der Waals surface area contributed by atoms with Crippen molar-refractivity contribution in [3.8, 4) is 0 Å². The van der Waals surface area contributed by atoms with Crippen molar-refractivity contribution in [1.29, 1.82) is 0 Å². The predicted octanol–water partition coefficient (Wildman–Crippen LogP) is 3.25. The van der Waals surface area contributed by atoms with E-state index in [1.165, 1.54) is 5.56 Å². The molecule has 4 nitrogen and oxygen atoms in total. The summed E-state index contributed by atoms with van der Waals surface area (Å²) in [6.45, 7) is 5.21. The normalized spacial score (nSPS) is 20.4. The number of hydrogen-bond donors (Lipinski definition) is 0. The van der Waals surface area contributed by atoms with Gasteiger partial charge in [-0.25, -0.2) is 0 Å². The molecule has 3 rings (SSSR count). The van der Waals surface area contributed by atoms with E-state index in [1.54, 1.807) is 12.3 Å². The van der Waals surface area contributed by atoms with Crippen LogP contribution in [0.3, 0.4) is 0 Å². The Kier molecular flexibility index (Phi) is 5.49. The molecule has 0 spiro atoms. The summed E-state index contributed by atoms with van der Waals surface area (Å²) in [6.07, 6.45) is 3.57. The van der Waals surface area contributed by atoms with Crippen LogP contribution in [0.25, 0.3) is 0 Å². The number of nitrogens with zero attached hydrogens (tertiary/aromatic N) is 3. The SMILES string of the molecule is CC(C)N(C)[C@@H]1CCN(C(=O)c2ccccn2)[C@H]1Cc1ccccc1. The Morgan fingerprint density at radius 1 is 1.20 bits per heavy atom. The van der Waals surface area contributed by atoms with Gasteiger partial charge in [-0.15, -0.1) is 0 Å². The number of carbonyl (C=O) groups is 1. The molecule has 4 heteroatoms. The molecular weight excluding hydrogens is 310 g/mol. The van der Waals surface area contributed by atoms with E-state index >= 15 is 0 Å². The van der Waals surface area contributed by atoms with E-state index in [4.69, 9.17) is 0 Å². The molecule has 0 bridgehead atoms. The summed E-state index contributed by atoms with van der Waals surface area (Å²) in [5.41, 5.74) is 1.81. The van der Waals surface area contributed by atoms with E-state index < -0.39 is 0 Å². The van der Waals surface area contributed by atoms with Gasteiger partial charge in [0.05, 0.1) is 6.04 Å². The highest BCUT2D eigenvalue weighted by atomic mass is 16.2. The summed E-state index contributed by atoms with van der Waals surface area (Å²) in [4.78, 5) is 21.7. The van der Waals surface area contributed by atoms with Gasteiger partial charge in [0.25, 0.3) is 5.91 Å². The average Bonchev–Trinajstić information content (AvgIpc) is 3.05. The van der Waals surface area contributed by atoms with E-state index in [-0.39, 0.29) is 11.9 Å². The van der Waals surface area contributed by atoms with Crippen molar-refractivity contribution in [1.82, 2.24) is 14.8 Å². The van der Waals surface area contributed by atoms with Gasteiger partial charge in [-0.3, -0.25) is 14.7 Å². The third-order valence-corrected chi connectivity index (χ3v) is 5.28. The lowest BCUT2D eigenvalue weighted by molar-refractivity contribution is 0.0674. The maximum Gasteiger partial charge on any atom is 0.272 e. The van der Waals surface area contributed by atoms with Crippen LogP contribution in [0.15, 0.2) is 54.7 Å². The zero-order valence-electron chi connectivity index (χ0n) is 15.3. The maximum atomic E-state index is 13.0. The molecule has 2 heterocycles. The molecule has 1 aliphatic rings. The third kappa shape index (κ3) is 3.90. The van der Waals surface area contributed by atoms with Crippen molar-refractivity contribution in [2.24, 2.45) is 0 Å². The smallest absolute Gasteiger partial charge is 0.272 e. The van der Waals surface area contributed by atoms with Gasteiger partial charge in [0.15, 0.2) is 0 Å². The van der Waals surface area contributed by atoms with Crippen LogP contribution in [-0.2, 0) is 6.42 Å². The first-order valence-corrected chi connectivity index (χ1v) is 9.06. The van der Waals surface area contributed by atoms with E-state index in [9.17, 15) is 4.79 Å². The zero-order valence-corrected chi connectivity index (χ0v) is 15.3. The summed E-state index contributed by atoms with van der Waals surface area (Å²) < 4.78 is 0. The number of hydrogen-bond acceptors (Lipinski definition) is 3. The van der Waals surface area contributed by atoms with Gasteiger partial charge >= 0.3 is 0 Å². The lowest BCUT2D eigenvalue weighted by atomic mass is 9.98. The second-order valence-electron chi connectivity index (χ2n) is 7.09. The number of pyridine rings is 1. The van der Waals surface area contributed by atoms with Gasteiger partial charge in [0.1, 0.15) is 5.69 Å². The zero-order chi connectivity index (χ0) is 17.8. The molecule has 0 saturated carbocycles. The molecule has 2 atom stereocenters. The minimum absolute atomic E-state index is 0.0428. The Bertz CT molecular complexity index is 687. The van der Waals surface area contributed by atoms with Gasteiger partial charge in [-0.05, 0) is 51.4 Å². The molecule has 1 aromatic carbocycles. The summed E-state index contributed by atoms with van der Waals surface area (Å²) in [5, 5.41) is 0. The first-order chi connectivity index (χ1) is 12.1. The van der Waals surface area contributed by atoms with Crippen molar-refractivity contribution >= 4 is 5.91 Å². The Morgan fingerprint density at radius 3 is 2.56 bits per heavy atom. The van der Waals surface area contributed by atoms with Crippen LogP contribution in [0, 0.1) is 0 Å². The molecule has 0 unspecified atom stereocenters. The van der Waals surface area contributed by atoms with E-state index in [0.29, 0.717) is 17.8 Å². The lowest BCUT2D eigenvalue weighted by Gasteiger charge is -2.35. The minimum atomic E-state index is 0.0428. The van der Waals surface area contributed by atoms with Gasteiger partial charge in [-0.1, -0.05) is 36.4 Å². The molecule has 0 aliphatic carbocycles. The number of likely N-dealkylation sites (N-methyl/N-ethyl adjacent to an activating group) is 1. The first-order valence-electron chi connectivity index (χ1n) is 9.06. The standard InChI is InChI=1S/C21H27N3O/c1-16(2)23(3)19-12-14-24(21(25)18-11-7-8-13-22-18)20(19)15-17-9-5-4-6-10-17/h4-11,13,16,19-20H,12,14-15H2,1-3H3/t19-,20+/m1/s1. The Morgan fingerprint density at radius 2 is 1.92 bits per heavy atom. The fourth-order valence-corrected chi connectivity index (χ4v) is 3.69. The number of benzene rings is 1. The van der Waals surface area contributed by atoms with Crippen molar-refractivity contribution in [3.05, 3.63) is 66.0 Å². The van der Waals surface area contributed by atoms with Crippen LogP contribution in [0.1, 0.15) is 36.3 Å². The van der Waals surface area contributed by atoms with Gasteiger partial charge in [0, 0.05) is 24.8 Å². The third-order valence-electron chi connectivity index (χ3n) is 5.28. The number of carbonyl (C=O) groups excluding carboxylic acids is 1. The summed E-state index contributed by atoms with van der Waals surface area (Å²) in [6, 6.07) is 17.0. The van der Waals surface area contributed by atoms with Crippen LogP contribution in [0.5, 0.6) is 0 Å². The highest BCUT2D eigenvalue weighted by Crippen LogP contribution is 2.28. The van der Waals surface area contributed by atoms with Crippen molar-refractivity contribution in [2.75, 3.05) is 13.6 Å². The summed E-state index contributed by atoms with van der Waals surface area (Å²) in [5.74, 6) is 0.0428. The fourth-order valence-electron chi connectivity index (χ4n) is 3.69. The highest BCUT2D eigenvalue weighted by Gasteiger charge is 2.40. The quantitative estimate of drug-likeness (QED) is 0.840. The molecule has 25 heavy (non-hydrogen) atoms. The van der Waals surface area contributed by atoms with Gasteiger partial charge in [0.2, 0.25) is 0 Å².